The van der Waals surface area contributed by atoms with E-state index in [0.29, 0.717) is 0 Å². The van der Waals surface area contributed by atoms with Gasteiger partial charge in [-0.1, -0.05) is 39.5 Å². The number of hydrogen-bond acceptors (Lipinski definition) is 2. The van der Waals surface area contributed by atoms with Crippen molar-refractivity contribution in [2.45, 2.75) is 64.5 Å². The van der Waals surface area contributed by atoms with E-state index in [4.69, 9.17) is 0 Å². The molecular weight excluding hydrogens is 228 g/mol. The summed E-state index contributed by atoms with van der Waals surface area (Å²) >= 11 is 0. The number of rotatable bonds is 2. The average Bonchev–Trinajstić information content (AvgIpc) is 2.60. The summed E-state index contributed by atoms with van der Waals surface area (Å²) in [4.78, 5) is 26.0. The van der Waals surface area contributed by atoms with Crippen LogP contribution in [0.5, 0.6) is 0 Å². The highest BCUT2D eigenvalue weighted by atomic mass is 16.2. The van der Waals surface area contributed by atoms with Crippen molar-refractivity contribution in [3.05, 3.63) is 0 Å². The number of nitrogens with one attached hydrogen (secondary N) is 1. The molecule has 0 bridgehead atoms. The van der Waals surface area contributed by atoms with Crippen LogP contribution in [0.4, 0.5) is 0 Å². The molecule has 0 aromatic heterocycles. The Labute approximate surface area is 109 Å². The first-order chi connectivity index (χ1) is 8.59. The standard InChI is InChI=1S/C14H24N2O2/c1-10(2)13-14(18)16(9-12(17)15-13)11-7-5-3-4-6-8-11/h10-11,13H,3-9H2,1-2H3,(H,15,17). The van der Waals surface area contributed by atoms with E-state index < -0.39 is 0 Å². The van der Waals surface area contributed by atoms with Crippen LogP contribution in [-0.2, 0) is 9.59 Å². The van der Waals surface area contributed by atoms with Crippen LogP contribution in [0.25, 0.3) is 0 Å². The molecule has 2 aliphatic rings. The van der Waals surface area contributed by atoms with Crippen LogP contribution in [0, 0.1) is 5.92 Å². The van der Waals surface area contributed by atoms with Crippen molar-refractivity contribution in [3.8, 4) is 0 Å². The Morgan fingerprint density at radius 3 is 2.28 bits per heavy atom. The van der Waals surface area contributed by atoms with Gasteiger partial charge in [0.1, 0.15) is 6.04 Å². The van der Waals surface area contributed by atoms with Gasteiger partial charge in [-0.2, -0.15) is 0 Å². The van der Waals surface area contributed by atoms with Crippen LogP contribution in [-0.4, -0.2) is 35.3 Å². The second kappa shape index (κ2) is 5.72. The zero-order valence-electron chi connectivity index (χ0n) is 11.4. The highest BCUT2D eigenvalue weighted by Gasteiger charge is 2.37. The molecule has 1 unspecified atom stereocenters. The number of carbonyl (C=O) groups excluding carboxylic acids is 2. The predicted molar refractivity (Wildman–Crippen MR) is 70.0 cm³/mol. The second-order valence-corrected chi connectivity index (χ2v) is 5.90. The largest absolute Gasteiger partial charge is 0.343 e. The van der Waals surface area contributed by atoms with E-state index in [1.807, 2.05) is 18.7 Å². The van der Waals surface area contributed by atoms with E-state index in [2.05, 4.69) is 5.32 Å². The lowest BCUT2D eigenvalue weighted by Crippen LogP contribution is -2.62. The molecular formula is C14H24N2O2. The SMILES string of the molecule is CC(C)C1NC(=O)CN(C2CCCCCC2)C1=O. The molecule has 1 N–H and O–H groups in total. The zero-order valence-corrected chi connectivity index (χ0v) is 11.4. The Morgan fingerprint density at radius 2 is 1.72 bits per heavy atom. The maximum absolute atomic E-state index is 12.4. The summed E-state index contributed by atoms with van der Waals surface area (Å²) in [6, 6.07) is -0.0400. The minimum absolute atomic E-state index is 0.00227. The van der Waals surface area contributed by atoms with Crippen LogP contribution in [0.3, 0.4) is 0 Å². The number of amides is 2. The molecule has 0 aromatic rings. The molecule has 0 aromatic carbocycles. The van der Waals surface area contributed by atoms with Gasteiger partial charge in [0.25, 0.3) is 0 Å². The molecule has 2 rings (SSSR count). The molecule has 4 heteroatoms. The smallest absolute Gasteiger partial charge is 0.246 e. The van der Waals surface area contributed by atoms with Gasteiger partial charge in [-0.3, -0.25) is 9.59 Å². The van der Waals surface area contributed by atoms with E-state index in [1.54, 1.807) is 0 Å². The highest BCUT2D eigenvalue weighted by molar-refractivity contribution is 5.95. The van der Waals surface area contributed by atoms with Crippen molar-refractivity contribution in [2.24, 2.45) is 5.92 Å². The Morgan fingerprint density at radius 1 is 1.11 bits per heavy atom. The highest BCUT2D eigenvalue weighted by Crippen LogP contribution is 2.24. The molecule has 4 nitrogen and oxygen atoms in total. The van der Waals surface area contributed by atoms with Gasteiger partial charge in [0.2, 0.25) is 11.8 Å². The third-order valence-electron chi connectivity index (χ3n) is 4.11. The van der Waals surface area contributed by atoms with Crippen LogP contribution < -0.4 is 5.32 Å². The molecule has 1 saturated carbocycles. The van der Waals surface area contributed by atoms with Crippen LogP contribution >= 0.6 is 0 Å². The molecule has 1 atom stereocenters. The van der Waals surface area contributed by atoms with Gasteiger partial charge >= 0.3 is 0 Å². The van der Waals surface area contributed by atoms with Gasteiger partial charge in [-0.25, -0.2) is 0 Å². The molecule has 18 heavy (non-hydrogen) atoms. The first-order valence-electron chi connectivity index (χ1n) is 7.19. The number of nitrogens with zero attached hydrogens (tertiary/aromatic N) is 1. The first kappa shape index (κ1) is 13.4. The fourth-order valence-corrected chi connectivity index (χ4v) is 3.02. The molecule has 1 aliphatic carbocycles. The first-order valence-corrected chi connectivity index (χ1v) is 7.19. The third-order valence-corrected chi connectivity index (χ3v) is 4.11. The van der Waals surface area contributed by atoms with Crippen LogP contribution in [0.1, 0.15) is 52.4 Å². The normalized spacial score (nSPS) is 27.3. The van der Waals surface area contributed by atoms with Crippen LogP contribution in [0.15, 0.2) is 0 Å². The fraction of sp³-hybridized carbons (Fsp3) is 0.857. The minimum Gasteiger partial charge on any atom is -0.343 e. The van der Waals surface area contributed by atoms with E-state index in [9.17, 15) is 9.59 Å². The van der Waals surface area contributed by atoms with Crippen molar-refractivity contribution in [3.63, 3.8) is 0 Å². The summed E-state index contributed by atoms with van der Waals surface area (Å²) in [6.45, 7) is 4.23. The second-order valence-electron chi connectivity index (χ2n) is 5.90. The Hall–Kier alpha value is -1.06. The van der Waals surface area contributed by atoms with E-state index in [1.165, 1.54) is 25.7 Å². The Bertz CT molecular complexity index is 320. The van der Waals surface area contributed by atoms with Gasteiger partial charge in [-0.15, -0.1) is 0 Å². The average molecular weight is 252 g/mol. The summed E-state index contributed by atoms with van der Waals surface area (Å²) in [5, 5.41) is 2.82. The van der Waals surface area contributed by atoms with Crippen molar-refractivity contribution < 1.29 is 9.59 Å². The molecule has 1 heterocycles. The van der Waals surface area contributed by atoms with Gasteiger partial charge in [0.15, 0.2) is 0 Å². The monoisotopic (exact) mass is 252 g/mol. The zero-order chi connectivity index (χ0) is 13.1. The molecule has 0 spiro atoms. The Kier molecular flexibility index (Phi) is 4.25. The van der Waals surface area contributed by atoms with E-state index in [-0.39, 0.29) is 36.4 Å². The van der Waals surface area contributed by atoms with Crippen LogP contribution in [0.2, 0.25) is 0 Å². The third kappa shape index (κ3) is 2.85. The lowest BCUT2D eigenvalue weighted by atomic mass is 9.97. The van der Waals surface area contributed by atoms with E-state index >= 15 is 0 Å². The number of hydrogen-bond donors (Lipinski definition) is 1. The lowest BCUT2D eigenvalue weighted by molar-refractivity contribution is -0.148. The molecule has 0 radical (unpaired) electrons. The minimum atomic E-state index is -0.325. The van der Waals surface area contributed by atoms with Crippen molar-refractivity contribution in [1.29, 1.82) is 0 Å². The summed E-state index contributed by atoms with van der Waals surface area (Å²) in [6.07, 6.45) is 7.01. The number of piperazine rings is 1. The summed E-state index contributed by atoms with van der Waals surface area (Å²) < 4.78 is 0. The fourth-order valence-electron chi connectivity index (χ4n) is 3.02. The topological polar surface area (TPSA) is 49.4 Å². The molecule has 2 amide bonds. The van der Waals surface area contributed by atoms with Gasteiger partial charge in [0.05, 0.1) is 6.54 Å². The molecule has 102 valence electrons. The summed E-state index contributed by atoms with van der Waals surface area (Å²) in [5.74, 6) is 0.282. The number of carbonyl (C=O) groups is 2. The molecule has 2 fully saturated rings. The van der Waals surface area contributed by atoms with Crippen molar-refractivity contribution in [1.82, 2.24) is 10.2 Å². The maximum atomic E-state index is 12.4. The maximum Gasteiger partial charge on any atom is 0.246 e. The quantitative estimate of drug-likeness (QED) is 0.760. The Balaban J connectivity index is 2.09. The van der Waals surface area contributed by atoms with Gasteiger partial charge in [-0.05, 0) is 18.8 Å². The van der Waals surface area contributed by atoms with Crippen molar-refractivity contribution >= 4 is 11.8 Å². The van der Waals surface area contributed by atoms with E-state index in [0.717, 1.165) is 12.8 Å². The summed E-state index contributed by atoms with van der Waals surface area (Å²) in [7, 11) is 0. The molecule has 1 aliphatic heterocycles. The van der Waals surface area contributed by atoms with Gasteiger partial charge < -0.3 is 10.2 Å². The summed E-state index contributed by atoms with van der Waals surface area (Å²) in [5.41, 5.74) is 0. The predicted octanol–water partition coefficient (Wildman–Crippen LogP) is 1.69. The van der Waals surface area contributed by atoms with Gasteiger partial charge in [0, 0.05) is 6.04 Å². The molecule has 1 saturated heterocycles. The van der Waals surface area contributed by atoms with Crippen molar-refractivity contribution in [2.75, 3.05) is 6.54 Å². The lowest BCUT2D eigenvalue weighted by Gasteiger charge is -2.39.